The summed E-state index contributed by atoms with van der Waals surface area (Å²) in [6, 6.07) is 0. The Labute approximate surface area is 97.0 Å². The fourth-order valence-corrected chi connectivity index (χ4v) is 2.15. The average Bonchev–Trinajstić information content (AvgIpc) is 2.84. The van der Waals surface area contributed by atoms with Crippen molar-refractivity contribution in [3.05, 3.63) is 18.2 Å². The van der Waals surface area contributed by atoms with Crippen LogP contribution < -0.4 is 5.32 Å². The molecule has 1 aliphatic heterocycles. The smallest absolute Gasteiger partial charge is 0.0949 e. The molecule has 4 nitrogen and oxygen atoms in total. The van der Waals surface area contributed by atoms with Gasteiger partial charge in [-0.05, 0) is 26.8 Å². The van der Waals surface area contributed by atoms with Gasteiger partial charge in [0, 0.05) is 30.9 Å². The SMILES string of the molecule is CC(C)OCCn1cncc1C1CCNC1. The summed E-state index contributed by atoms with van der Waals surface area (Å²) in [7, 11) is 0. The molecule has 0 spiro atoms. The summed E-state index contributed by atoms with van der Waals surface area (Å²) in [5, 5.41) is 3.39. The van der Waals surface area contributed by atoms with Gasteiger partial charge in [-0.3, -0.25) is 0 Å². The summed E-state index contributed by atoms with van der Waals surface area (Å²) in [6.45, 7) is 8.01. The van der Waals surface area contributed by atoms with Gasteiger partial charge >= 0.3 is 0 Å². The molecule has 1 fully saturated rings. The number of imidazole rings is 1. The van der Waals surface area contributed by atoms with Crippen LogP contribution in [0.25, 0.3) is 0 Å². The molecule has 90 valence electrons. The topological polar surface area (TPSA) is 39.1 Å². The Morgan fingerprint density at radius 2 is 2.50 bits per heavy atom. The zero-order valence-electron chi connectivity index (χ0n) is 10.1. The molecular weight excluding hydrogens is 202 g/mol. The van der Waals surface area contributed by atoms with E-state index < -0.39 is 0 Å². The number of hydrogen-bond acceptors (Lipinski definition) is 3. The van der Waals surface area contributed by atoms with Crippen LogP contribution in [0.5, 0.6) is 0 Å². The standard InChI is InChI=1S/C12H21N3O/c1-10(2)16-6-5-15-9-14-8-12(15)11-3-4-13-7-11/h8-11,13H,3-7H2,1-2H3. The Balaban J connectivity index is 1.91. The van der Waals surface area contributed by atoms with E-state index in [0.29, 0.717) is 12.0 Å². The predicted octanol–water partition coefficient (Wildman–Crippen LogP) is 1.39. The van der Waals surface area contributed by atoms with E-state index in [-0.39, 0.29) is 0 Å². The second-order valence-electron chi connectivity index (χ2n) is 4.62. The van der Waals surface area contributed by atoms with Crippen molar-refractivity contribution in [1.29, 1.82) is 0 Å². The van der Waals surface area contributed by atoms with E-state index in [9.17, 15) is 0 Å². The Morgan fingerprint density at radius 1 is 1.62 bits per heavy atom. The Kier molecular flexibility index (Phi) is 3.96. The van der Waals surface area contributed by atoms with Gasteiger partial charge in [0.25, 0.3) is 0 Å². The number of aromatic nitrogens is 2. The van der Waals surface area contributed by atoms with Gasteiger partial charge in [0.2, 0.25) is 0 Å². The quantitative estimate of drug-likeness (QED) is 0.819. The summed E-state index contributed by atoms with van der Waals surface area (Å²) in [5.74, 6) is 0.626. The third-order valence-corrected chi connectivity index (χ3v) is 3.01. The van der Waals surface area contributed by atoms with Crippen LogP contribution >= 0.6 is 0 Å². The third kappa shape index (κ3) is 2.83. The lowest BCUT2D eigenvalue weighted by Gasteiger charge is -2.13. The molecule has 0 saturated carbocycles. The Hall–Kier alpha value is -0.870. The van der Waals surface area contributed by atoms with E-state index in [1.807, 2.05) is 12.5 Å². The van der Waals surface area contributed by atoms with E-state index in [4.69, 9.17) is 4.74 Å². The summed E-state index contributed by atoms with van der Waals surface area (Å²) in [6.07, 6.45) is 5.43. The van der Waals surface area contributed by atoms with Gasteiger partial charge in [-0.2, -0.15) is 0 Å². The van der Waals surface area contributed by atoms with Crippen LogP contribution in [0.3, 0.4) is 0 Å². The number of nitrogens with one attached hydrogen (secondary N) is 1. The first-order chi connectivity index (χ1) is 7.77. The molecule has 16 heavy (non-hydrogen) atoms. The number of nitrogens with zero attached hydrogens (tertiary/aromatic N) is 2. The summed E-state index contributed by atoms with van der Waals surface area (Å²) in [4.78, 5) is 4.24. The van der Waals surface area contributed by atoms with Crippen LogP contribution in [-0.4, -0.2) is 35.4 Å². The minimum atomic E-state index is 0.306. The van der Waals surface area contributed by atoms with Crippen molar-refractivity contribution in [2.45, 2.75) is 38.8 Å². The number of rotatable bonds is 5. The summed E-state index contributed by atoms with van der Waals surface area (Å²) >= 11 is 0. The van der Waals surface area contributed by atoms with Crippen molar-refractivity contribution in [2.75, 3.05) is 19.7 Å². The number of ether oxygens (including phenoxy) is 1. The third-order valence-electron chi connectivity index (χ3n) is 3.01. The van der Waals surface area contributed by atoms with E-state index in [0.717, 1.165) is 26.2 Å². The van der Waals surface area contributed by atoms with E-state index in [1.54, 1.807) is 0 Å². The molecule has 2 rings (SSSR count). The fourth-order valence-electron chi connectivity index (χ4n) is 2.15. The monoisotopic (exact) mass is 223 g/mol. The lowest BCUT2D eigenvalue weighted by atomic mass is 10.1. The maximum atomic E-state index is 5.57. The molecule has 0 radical (unpaired) electrons. The van der Waals surface area contributed by atoms with Gasteiger partial charge in [0.05, 0.1) is 19.0 Å². The molecule has 1 aliphatic rings. The molecule has 1 unspecified atom stereocenters. The van der Waals surface area contributed by atoms with Crippen molar-refractivity contribution in [2.24, 2.45) is 0 Å². The first-order valence-corrected chi connectivity index (χ1v) is 6.09. The van der Waals surface area contributed by atoms with Crippen LogP contribution in [0.4, 0.5) is 0 Å². The summed E-state index contributed by atoms with van der Waals surface area (Å²) in [5.41, 5.74) is 1.34. The highest BCUT2D eigenvalue weighted by Gasteiger charge is 2.19. The molecular formula is C12H21N3O. The van der Waals surface area contributed by atoms with Crippen LogP contribution in [-0.2, 0) is 11.3 Å². The lowest BCUT2D eigenvalue weighted by molar-refractivity contribution is 0.0722. The van der Waals surface area contributed by atoms with Crippen molar-refractivity contribution >= 4 is 0 Å². The predicted molar refractivity (Wildman–Crippen MR) is 63.5 cm³/mol. The second-order valence-corrected chi connectivity index (χ2v) is 4.62. The first kappa shape index (κ1) is 11.6. The highest BCUT2D eigenvalue weighted by Crippen LogP contribution is 2.21. The average molecular weight is 223 g/mol. The van der Waals surface area contributed by atoms with E-state index in [2.05, 4.69) is 28.7 Å². The fraction of sp³-hybridized carbons (Fsp3) is 0.750. The molecule has 1 aromatic rings. The van der Waals surface area contributed by atoms with Crippen LogP contribution in [0, 0.1) is 0 Å². The van der Waals surface area contributed by atoms with Gasteiger partial charge in [0.15, 0.2) is 0 Å². The minimum absolute atomic E-state index is 0.306. The van der Waals surface area contributed by atoms with Gasteiger partial charge in [0.1, 0.15) is 0 Å². The van der Waals surface area contributed by atoms with E-state index >= 15 is 0 Å². The Bertz CT molecular complexity index is 316. The van der Waals surface area contributed by atoms with Crippen molar-refractivity contribution in [3.8, 4) is 0 Å². The minimum Gasteiger partial charge on any atom is -0.377 e. The molecule has 0 bridgehead atoms. The molecule has 4 heteroatoms. The molecule has 1 aromatic heterocycles. The summed E-state index contributed by atoms with van der Waals surface area (Å²) < 4.78 is 7.79. The van der Waals surface area contributed by atoms with Gasteiger partial charge in [-0.25, -0.2) is 4.98 Å². The van der Waals surface area contributed by atoms with E-state index in [1.165, 1.54) is 12.1 Å². The van der Waals surface area contributed by atoms with Gasteiger partial charge in [-0.15, -0.1) is 0 Å². The second kappa shape index (κ2) is 5.46. The lowest BCUT2D eigenvalue weighted by Crippen LogP contribution is -2.15. The normalized spacial score (nSPS) is 20.8. The van der Waals surface area contributed by atoms with Crippen molar-refractivity contribution in [1.82, 2.24) is 14.9 Å². The molecule has 0 aliphatic carbocycles. The van der Waals surface area contributed by atoms with Crippen molar-refractivity contribution in [3.63, 3.8) is 0 Å². The van der Waals surface area contributed by atoms with Crippen LogP contribution in [0.2, 0.25) is 0 Å². The van der Waals surface area contributed by atoms with Crippen molar-refractivity contribution < 1.29 is 4.74 Å². The van der Waals surface area contributed by atoms with Crippen LogP contribution in [0.15, 0.2) is 12.5 Å². The zero-order chi connectivity index (χ0) is 11.4. The molecule has 0 aromatic carbocycles. The zero-order valence-corrected chi connectivity index (χ0v) is 10.1. The van der Waals surface area contributed by atoms with Crippen LogP contribution in [0.1, 0.15) is 31.9 Å². The maximum Gasteiger partial charge on any atom is 0.0949 e. The molecule has 1 atom stereocenters. The molecule has 1 saturated heterocycles. The van der Waals surface area contributed by atoms with Gasteiger partial charge < -0.3 is 14.6 Å². The largest absolute Gasteiger partial charge is 0.377 e. The molecule has 2 heterocycles. The first-order valence-electron chi connectivity index (χ1n) is 6.09. The highest BCUT2D eigenvalue weighted by molar-refractivity contribution is 5.09. The van der Waals surface area contributed by atoms with Gasteiger partial charge in [-0.1, -0.05) is 0 Å². The number of hydrogen-bond donors (Lipinski definition) is 1. The Morgan fingerprint density at radius 3 is 3.19 bits per heavy atom. The highest BCUT2D eigenvalue weighted by atomic mass is 16.5. The molecule has 0 amide bonds. The molecule has 1 N–H and O–H groups in total. The maximum absolute atomic E-state index is 5.57.